The molecule has 2 fully saturated rings. The molecule has 10 nitrogen and oxygen atoms in total. The van der Waals surface area contributed by atoms with Gasteiger partial charge in [-0.2, -0.15) is 0 Å². The van der Waals surface area contributed by atoms with Crippen LogP contribution in [0.2, 0.25) is 0 Å². The SMILES string of the molecule is CN(CC=CC(=O)N1CCC(n2c(C(=O)O)c(-c3ccc(Oc4ccccc4)cc3)c3c(N)ncnc32)C1)C1CC1. The highest BCUT2D eigenvalue weighted by atomic mass is 16.5. The molecule has 4 aromatic rings. The van der Waals surface area contributed by atoms with Crippen molar-refractivity contribution in [1.82, 2.24) is 24.3 Å². The number of hydrogen-bond donors (Lipinski definition) is 2. The number of para-hydroxylation sites is 1. The Kier molecular flexibility index (Phi) is 7.15. The minimum Gasteiger partial charge on any atom is -0.477 e. The Balaban J connectivity index is 1.31. The molecule has 1 aliphatic carbocycles. The van der Waals surface area contributed by atoms with Crippen LogP contribution in [-0.4, -0.2) is 74.0 Å². The van der Waals surface area contributed by atoms with E-state index in [0.29, 0.717) is 59.2 Å². The molecule has 1 unspecified atom stereocenters. The summed E-state index contributed by atoms with van der Waals surface area (Å²) in [5.74, 6) is 0.338. The number of carboxylic acid groups (broad SMARTS) is 1. The van der Waals surface area contributed by atoms with Crippen LogP contribution < -0.4 is 10.5 Å². The number of rotatable bonds is 9. The van der Waals surface area contributed by atoms with Crippen molar-refractivity contribution in [3.05, 3.63) is 78.8 Å². The molecule has 1 saturated carbocycles. The molecule has 1 saturated heterocycles. The smallest absolute Gasteiger partial charge is 0.353 e. The number of aromatic carboxylic acids is 1. The Morgan fingerprint density at radius 2 is 1.80 bits per heavy atom. The molecule has 3 heterocycles. The van der Waals surface area contributed by atoms with E-state index < -0.39 is 5.97 Å². The summed E-state index contributed by atoms with van der Waals surface area (Å²) in [7, 11) is 2.07. The van der Waals surface area contributed by atoms with Crippen molar-refractivity contribution in [3.63, 3.8) is 0 Å². The van der Waals surface area contributed by atoms with Crippen molar-refractivity contribution in [1.29, 1.82) is 0 Å². The third-order valence-electron chi connectivity index (χ3n) is 7.80. The number of carbonyl (C=O) groups is 2. The number of benzene rings is 2. The molecule has 1 atom stereocenters. The first kappa shape index (κ1) is 26.5. The van der Waals surface area contributed by atoms with Crippen molar-refractivity contribution in [2.45, 2.75) is 31.3 Å². The first-order chi connectivity index (χ1) is 19.9. The summed E-state index contributed by atoms with van der Waals surface area (Å²) in [5.41, 5.74) is 7.95. The molecular weight excluding hydrogens is 520 g/mol. The molecule has 3 N–H and O–H groups in total. The first-order valence-electron chi connectivity index (χ1n) is 13.8. The molecule has 41 heavy (non-hydrogen) atoms. The second kappa shape index (κ2) is 11.1. The van der Waals surface area contributed by atoms with Gasteiger partial charge in [-0.15, -0.1) is 0 Å². The van der Waals surface area contributed by atoms with Crippen molar-refractivity contribution in [2.75, 3.05) is 32.4 Å². The quantitative estimate of drug-likeness (QED) is 0.289. The lowest BCUT2D eigenvalue weighted by Gasteiger charge is -2.18. The molecule has 6 rings (SSSR count). The lowest BCUT2D eigenvalue weighted by Crippen LogP contribution is -2.28. The second-order valence-corrected chi connectivity index (χ2v) is 10.6. The van der Waals surface area contributed by atoms with Gasteiger partial charge in [-0.3, -0.25) is 9.69 Å². The number of likely N-dealkylation sites (N-methyl/N-ethyl adjacent to an activating group) is 1. The lowest BCUT2D eigenvalue weighted by atomic mass is 10.0. The van der Waals surface area contributed by atoms with Gasteiger partial charge in [0.2, 0.25) is 5.91 Å². The molecule has 1 aliphatic heterocycles. The zero-order valence-electron chi connectivity index (χ0n) is 22.8. The lowest BCUT2D eigenvalue weighted by molar-refractivity contribution is -0.125. The van der Waals surface area contributed by atoms with E-state index in [0.717, 1.165) is 6.54 Å². The number of hydrogen-bond acceptors (Lipinski definition) is 7. The van der Waals surface area contributed by atoms with Crippen LogP contribution >= 0.6 is 0 Å². The van der Waals surface area contributed by atoms with Crippen LogP contribution in [0.5, 0.6) is 11.5 Å². The zero-order chi connectivity index (χ0) is 28.5. The van der Waals surface area contributed by atoms with Crippen LogP contribution in [-0.2, 0) is 4.79 Å². The minimum absolute atomic E-state index is 0.0739. The van der Waals surface area contributed by atoms with Gasteiger partial charge in [0.1, 0.15) is 35.0 Å². The number of amides is 1. The maximum atomic E-state index is 13.0. The van der Waals surface area contributed by atoms with Gasteiger partial charge in [0.05, 0.1) is 11.4 Å². The summed E-state index contributed by atoms with van der Waals surface area (Å²) in [6, 6.07) is 17.0. The summed E-state index contributed by atoms with van der Waals surface area (Å²) in [6.45, 7) is 1.62. The van der Waals surface area contributed by atoms with Gasteiger partial charge in [-0.05, 0) is 56.1 Å². The maximum Gasteiger partial charge on any atom is 0.353 e. The van der Waals surface area contributed by atoms with E-state index in [9.17, 15) is 14.7 Å². The fourth-order valence-electron chi connectivity index (χ4n) is 5.56. The third-order valence-corrected chi connectivity index (χ3v) is 7.80. The predicted octanol–water partition coefficient (Wildman–Crippen LogP) is 4.59. The van der Waals surface area contributed by atoms with Gasteiger partial charge in [0, 0.05) is 37.3 Å². The van der Waals surface area contributed by atoms with E-state index in [1.54, 1.807) is 27.7 Å². The van der Waals surface area contributed by atoms with Gasteiger partial charge < -0.3 is 25.0 Å². The molecular formula is C31H32N6O4. The van der Waals surface area contributed by atoms with Gasteiger partial charge in [-0.1, -0.05) is 36.4 Å². The van der Waals surface area contributed by atoms with E-state index in [4.69, 9.17) is 10.5 Å². The second-order valence-electron chi connectivity index (χ2n) is 10.6. The average Bonchev–Trinajstić information content (AvgIpc) is 3.60. The number of fused-ring (bicyclic) bond motifs is 1. The Hall–Kier alpha value is -4.70. The van der Waals surface area contributed by atoms with Gasteiger partial charge in [0.25, 0.3) is 0 Å². The van der Waals surface area contributed by atoms with E-state index in [2.05, 4.69) is 21.9 Å². The molecule has 0 bridgehead atoms. The maximum absolute atomic E-state index is 13.0. The van der Waals surface area contributed by atoms with E-state index in [-0.39, 0.29) is 23.5 Å². The highest BCUT2D eigenvalue weighted by molar-refractivity contribution is 6.10. The number of nitrogens with zero attached hydrogens (tertiary/aromatic N) is 5. The monoisotopic (exact) mass is 552 g/mol. The standard InChI is InChI=1S/C31H32N6O4/c1-35(21-11-12-21)16-5-8-25(38)36-17-15-22(18-36)37-28(31(39)40)26(27-29(32)33-19-34-30(27)37)20-9-13-24(14-10-20)41-23-6-3-2-4-7-23/h2-10,13-14,19,21-22H,11-12,15-18H2,1H3,(H,39,40)(H2,32,33,34). The van der Waals surface area contributed by atoms with Crippen LogP contribution in [0.15, 0.2) is 73.1 Å². The van der Waals surface area contributed by atoms with Crippen LogP contribution in [0.1, 0.15) is 35.8 Å². The summed E-state index contributed by atoms with van der Waals surface area (Å²) in [5, 5.41) is 11.0. The summed E-state index contributed by atoms with van der Waals surface area (Å²) in [4.78, 5) is 38.4. The number of carbonyl (C=O) groups excluding carboxylic acids is 1. The van der Waals surface area contributed by atoms with Crippen molar-refractivity contribution in [3.8, 4) is 22.6 Å². The Bertz CT molecular complexity index is 1610. The number of likely N-dealkylation sites (tertiary alicyclic amines) is 1. The van der Waals surface area contributed by atoms with Crippen LogP contribution in [0.25, 0.3) is 22.2 Å². The average molecular weight is 553 g/mol. The minimum atomic E-state index is -1.10. The summed E-state index contributed by atoms with van der Waals surface area (Å²) in [6.07, 6.45) is 7.89. The number of aromatic nitrogens is 3. The molecule has 2 aromatic carbocycles. The van der Waals surface area contributed by atoms with Crippen LogP contribution in [0, 0.1) is 0 Å². The van der Waals surface area contributed by atoms with Gasteiger partial charge in [0.15, 0.2) is 0 Å². The number of ether oxygens (including phenoxy) is 1. The molecule has 210 valence electrons. The van der Waals surface area contributed by atoms with Crippen molar-refractivity contribution < 1.29 is 19.4 Å². The number of nitrogens with two attached hydrogens (primary N) is 1. The van der Waals surface area contributed by atoms with Crippen molar-refractivity contribution >= 4 is 28.7 Å². The normalized spacial score (nSPS) is 17.1. The fourth-order valence-corrected chi connectivity index (χ4v) is 5.56. The highest BCUT2D eigenvalue weighted by Crippen LogP contribution is 2.41. The van der Waals surface area contributed by atoms with Crippen LogP contribution in [0.3, 0.4) is 0 Å². The molecule has 0 spiro atoms. The summed E-state index contributed by atoms with van der Waals surface area (Å²) < 4.78 is 7.64. The Morgan fingerprint density at radius 3 is 2.51 bits per heavy atom. The number of carboxylic acids is 1. The number of anilines is 1. The largest absolute Gasteiger partial charge is 0.477 e. The fraction of sp³-hybridized carbons (Fsp3) is 0.290. The first-order valence-corrected chi connectivity index (χ1v) is 13.8. The zero-order valence-corrected chi connectivity index (χ0v) is 22.8. The van der Waals surface area contributed by atoms with Gasteiger partial charge >= 0.3 is 5.97 Å². The molecule has 10 heteroatoms. The Labute approximate surface area is 237 Å². The predicted molar refractivity (Wildman–Crippen MR) is 156 cm³/mol. The van der Waals surface area contributed by atoms with Crippen LogP contribution in [0.4, 0.5) is 5.82 Å². The molecule has 1 amide bonds. The van der Waals surface area contributed by atoms with E-state index in [1.807, 2.05) is 48.5 Å². The van der Waals surface area contributed by atoms with Gasteiger partial charge in [-0.25, -0.2) is 14.8 Å². The summed E-state index contributed by atoms with van der Waals surface area (Å²) >= 11 is 0. The molecule has 2 aromatic heterocycles. The Morgan fingerprint density at radius 1 is 1.07 bits per heavy atom. The molecule has 0 radical (unpaired) electrons. The van der Waals surface area contributed by atoms with E-state index >= 15 is 0 Å². The highest BCUT2D eigenvalue weighted by Gasteiger charge is 2.34. The topological polar surface area (TPSA) is 127 Å². The molecule has 2 aliphatic rings. The third kappa shape index (κ3) is 5.38. The van der Waals surface area contributed by atoms with E-state index in [1.165, 1.54) is 19.2 Å². The number of nitrogen functional groups attached to an aromatic ring is 1. The van der Waals surface area contributed by atoms with Crippen molar-refractivity contribution in [2.24, 2.45) is 0 Å².